The van der Waals surface area contributed by atoms with Crippen molar-refractivity contribution in [3.05, 3.63) is 102 Å². The van der Waals surface area contributed by atoms with E-state index in [2.05, 4.69) is 42.6 Å². The van der Waals surface area contributed by atoms with E-state index in [-0.39, 0.29) is 30.2 Å². The number of benzene rings is 4. The molecule has 1 heterocycles. The van der Waals surface area contributed by atoms with E-state index in [1.807, 2.05) is 12.1 Å². The molecular weight excluding hydrogens is 498 g/mol. The zero-order chi connectivity index (χ0) is 25.2. The quantitative estimate of drug-likeness (QED) is 0.276. The lowest BCUT2D eigenvalue weighted by atomic mass is 9.99. The maximum absolute atomic E-state index is 14.8. The zero-order valence-electron chi connectivity index (χ0n) is 20.2. The molecule has 37 heavy (non-hydrogen) atoms. The first-order chi connectivity index (χ1) is 17.4. The third-order valence-electron chi connectivity index (χ3n) is 6.60. The third kappa shape index (κ3) is 5.38. The molecule has 8 heteroatoms. The number of nitrogens with zero attached hydrogens (tertiary/aromatic N) is 1. The molecule has 2 atom stereocenters. The van der Waals surface area contributed by atoms with Crippen LogP contribution in [-0.2, 0) is 0 Å². The second-order valence-corrected chi connectivity index (χ2v) is 8.94. The SMILES string of the molecule is C[C@@H](NCCC1CN(c2ccc(F)c(C(=O)O)c2)c2c(F)cccc2O1)c1cccc2ccccc12.Cl. The van der Waals surface area contributed by atoms with Crippen molar-refractivity contribution in [2.45, 2.75) is 25.5 Å². The monoisotopic (exact) mass is 524 g/mol. The molecule has 0 aliphatic carbocycles. The second-order valence-electron chi connectivity index (χ2n) is 8.94. The number of aromatic carboxylic acids is 1. The molecule has 0 fully saturated rings. The van der Waals surface area contributed by atoms with Crippen molar-refractivity contribution in [1.29, 1.82) is 0 Å². The number of carboxylic acid groups (broad SMARTS) is 1. The van der Waals surface area contributed by atoms with Crippen LogP contribution in [0.25, 0.3) is 10.8 Å². The highest BCUT2D eigenvalue weighted by Crippen LogP contribution is 2.41. The number of carbonyl (C=O) groups is 1. The van der Waals surface area contributed by atoms with Crippen LogP contribution in [0.4, 0.5) is 20.2 Å². The zero-order valence-corrected chi connectivity index (χ0v) is 21.0. The van der Waals surface area contributed by atoms with Gasteiger partial charge in [-0.2, -0.15) is 0 Å². The lowest BCUT2D eigenvalue weighted by Crippen LogP contribution is -2.39. The first-order valence-electron chi connectivity index (χ1n) is 11.9. The predicted molar refractivity (Wildman–Crippen MR) is 143 cm³/mol. The van der Waals surface area contributed by atoms with Crippen LogP contribution in [0.5, 0.6) is 5.75 Å². The molecule has 5 nitrogen and oxygen atoms in total. The molecule has 0 spiro atoms. The Morgan fingerprint density at radius 3 is 2.62 bits per heavy atom. The Kier molecular flexibility index (Phi) is 7.95. The van der Waals surface area contributed by atoms with Gasteiger partial charge >= 0.3 is 5.97 Å². The summed E-state index contributed by atoms with van der Waals surface area (Å²) in [7, 11) is 0. The van der Waals surface area contributed by atoms with Crippen LogP contribution in [0.2, 0.25) is 0 Å². The van der Waals surface area contributed by atoms with E-state index < -0.39 is 23.2 Å². The first kappa shape index (κ1) is 26.4. The standard InChI is InChI=1S/C29H26F2N2O3.ClH/c1-18(22-9-4-7-19-6-2-3-8-23(19)22)32-15-14-21-17-33(28-26(31)10-5-11-27(28)36-21)20-12-13-25(30)24(16-20)29(34)35;/h2-13,16,18,21,32H,14-15,17H2,1H3,(H,34,35);1H/t18-,21?;/m1./s1. The van der Waals surface area contributed by atoms with E-state index in [1.165, 1.54) is 34.5 Å². The molecule has 1 aliphatic heterocycles. The summed E-state index contributed by atoms with van der Waals surface area (Å²) in [5.74, 6) is -2.33. The summed E-state index contributed by atoms with van der Waals surface area (Å²) in [4.78, 5) is 13.1. The Morgan fingerprint density at radius 2 is 1.81 bits per heavy atom. The smallest absolute Gasteiger partial charge is 0.338 e. The minimum Gasteiger partial charge on any atom is -0.486 e. The van der Waals surface area contributed by atoms with Crippen molar-refractivity contribution in [1.82, 2.24) is 5.32 Å². The van der Waals surface area contributed by atoms with Gasteiger partial charge in [0.25, 0.3) is 0 Å². The molecule has 0 radical (unpaired) electrons. The van der Waals surface area contributed by atoms with E-state index >= 15 is 0 Å². The molecule has 4 aromatic rings. The summed E-state index contributed by atoms with van der Waals surface area (Å²) < 4.78 is 34.9. The molecular formula is C29H27ClF2N2O3. The number of para-hydroxylation sites is 1. The molecule has 0 aromatic heterocycles. The fourth-order valence-corrected chi connectivity index (χ4v) is 4.79. The number of hydrogen-bond acceptors (Lipinski definition) is 4. The van der Waals surface area contributed by atoms with Crippen molar-refractivity contribution in [2.24, 2.45) is 0 Å². The summed E-state index contributed by atoms with van der Waals surface area (Å²) in [6.07, 6.45) is 0.346. The van der Waals surface area contributed by atoms with Crippen LogP contribution < -0.4 is 15.0 Å². The largest absolute Gasteiger partial charge is 0.486 e. The van der Waals surface area contributed by atoms with Gasteiger partial charge in [0.2, 0.25) is 0 Å². The average molecular weight is 525 g/mol. The Balaban J connectivity index is 0.00000320. The second kappa shape index (κ2) is 11.2. The van der Waals surface area contributed by atoms with Gasteiger partial charge in [-0.05, 0) is 66.6 Å². The predicted octanol–water partition coefficient (Wildman–Crippen LogP) is 6.88. The molecule has 0 saturated heterocycles. The van der Waals surface area contributed by atoms with Crippen molar-refractivity contribution in [2.75, 3.05) is 18.0 Å². The third-order valence-corrected chi connectivity index (χ3v) is 6.60. The number of halogens is 3. The van der Waals surface area contributed by atoms with Gasteiger partial charge in [-0.15, -0.1) is 12.4 Å². The Hall–Kier alpha value is -3.68. The van der Waals surface area contributed by atoms with Gasteiger partial charge in [-0.3, -0.25) is 0 Å². The molecule has 2 N–H and O–H groups in total. The minimum absolute atomic E-state index is 0. The lowest BCUT2D eigenvalue weighted by Gasteiger charge is -2.37. The number of carboxylic acids is 1. The van der Waals surface area contributed by atoms with Crippen LogP contribution >= 0.6 is 12.4 Å². The van der Waals surface area contributed by atoms with Gasteiger partial charge in [0, 0.05) is 11.7 Å². The summed E-state index contributed by atoms with van der Waals surface area (Å²) in [5.41, 5.74) is 1.36. The van der Waals surface area contributed by atoms with E-state index in [1.54, 1.807) is 17.0 Å². The summed E-state index contributed by atoms with van der Waals surface area (Å²) in [6.45, 7) is 3.06. The van der Waals surface area contributed by atoms with Gasteiger partial charge in [-0.25, -0.2) is 13.6 Å². The number of anilines is 2. The molecule has 0 amide bonds. The van der Waals surface area contributed by atoms with Crippen molar-refractivity contribution >= 4 is 40.5 Å². The van der Waals surface area contributed by atoms with Crippen LogP contribution in [0.1, 0.15) is 35.3 Å². The Bertz CT molecular complexity index is 1430. The van der Waals surface area contributed by atoms with Gasteiger partial charge in [0.05, 0.1) is 12.1 Å². The first-order valence-corrected chi connectivity index (χ1v) is 11.9. The van der Waals surface area contributed by atoms with Gasteiger partial charge in [0.1, 0.15) is 23.4 Å². The molecule has 0 saturated carbocycles. The lowest BCUT2D eigenvalue weighted by molar-refractivity contribution is 0.0692. The molecule has 0 bridgehead atoms. The topological polar surface area (TPSA) is 61.8 Å². The number of fused-ring (bicyclic) bond motifs is 2. The summed E-state index contributed by atoms with van der Waals surface area (Å²) in [6, 6.07) is 23.0. The summed E-state index contributed by atoms with van der Waals surface area (Å²) in [5, 5.41) is 15.3. The number of ether oxygens (including phenoxy) is 1. The van der Waals surface area contributed by atoms with Crippen LogP contribution in [-0.4, -0.2) is 30.3 Å². The molecule has 1 unspecified atom stereocenters. The van der Waals surface area contributed by atoms with E-state index in [0.29, 0.717) is 30.9 Å². The maximum Gasteiger partial charge on any atom is 0.338 e. The highest BCUT2D eigenvalue weighted by Gasteiger charge is 2.30. The van der Waals surface area contributed by atoms with Crippen LogP contribution in [0, 0.1) is 11.6 Å². The minimum atomic E-state index is -1.38. The van der Waals surface area contributed by atoms with Crippen LogP contribution in [0.3, 0.4) is 0 Å². The van der Waals surface area contributed by atoms with E-state index in [0.717, 1.165) is 6.07 Å². The molecule has 1 aliphatic rings. The van der Waals surface area contributed by atoms with Crippen molar-refractivity contribution in [3.8, 4) is 5.75 Å². The van der Waals surface area contributed by atoms with Crippen LogP contribution in [0.15, 0.2) is 78.9 Å². The average Bonchev–Trinajstić information content (AvgIpc) is 2.88. The maximum atomic E-state index is 14.8. The number of rotatable bonds is 7. The Labute approximate surface area is 220 Å². The molecule has 5 rings (SSSR count). The highest BCUT2D eigenvalue weighted by atomic mass is 35.5. The number of hydrogen-bond donors (Lipinski definition) is 2. The fraction of sp³-hybridized carbons (Fsp3) is 0.207. The Morgan fingerprint density at radius 1 is 1.05 bits per heavy atom. The van der Waals surface area contributed by atoms with Gasteiger partial charge in [0.15, 0.2) is 5.82 Å². The van der Waals surface area contributed by atoms with Gasteiger partial charge in [-0.1, -0.05) is 48.5 Å². The van der Waals surface area contributed by atoms with E-state index in [4.69, 9.17) is 4.74 Å². The summed E-state index contributed by atoms with van der Waals surface area (Å²) >= 11 is 0. The van der Waals surface area contributed by atoms with Crippen molar-refractivity contribution < 1.29 is 23.4 Å². The van der Waals surface area contributed by atoms with Crippen molar-refractivity contribution in [3.63, 3.8) is 0 Å². The highest BCUT2D eigenvalue weighted by molar-refractivity contribution is 5.90. The fourth-order valence-electron chi connectivity index (χ4n) is 4.79. The normalized spacial score (nSPS) is 15.4. The number of nitrogens with one attached hydrogen (secondary N) is 1. The molecule has 4 aromatic carbocycles. The van der Waals surface area contributed by atoms with E-state index in [9.17, 15) is 18.7 Å². The van der Waals surface area contributed by atoms with Gasteiger partial charge < -0.3 is 20.1 Å². The molecule has 192 valence electrons.